The predicted molar refractivity (Wildman–Crippen MR) is 83.2 cm³/mol. The van der Waals surface area contributed by atoms with Crippen molar-refractivity contribution in [1.82, 2.24) is 0 Å². The highest BCUT2D eigenvalue weighted by molar-refractivity contribution is 5.29. The third kappa shape index (κ3) is 4.82. The molecule has 0 radical (unpaired) electrons. The normalized spacial score (nSPS) is 17.9. The Balaban J connectivity index is 1.66. The molecule has 1 aromatic carbocycles. The molecule has 0 aliphatic heterocycles. The lowest BCUT2D eigenvalue weighted by Gasteiger charge is -2.21. The monoisotopic (exact) mass is 276 g/mol. The summed E-state index contributed by atoms with van der Waals surface area (Å²) < 4.78 is 11.3. The summed E-state index contributed by atoms with van der Waals surface area (Å²) in [6, 6.07) is 8.41. The lowest BCUT2D eigenvalue weighted by atomic mass is 9.90. The third-order valence-electron chi connectivity index (χ3n) is 4.45. The maximum absolute atomic E-state index is 5.65. The van der Waals surface area contributed by atoms with E-state index in [1.807, 2.05) is 12.1 Å². The first-order chi connectivity index (χ1) is 9.79. The van der Waals surface area contributed by atoms with Gasteiger partial charge in [-0.2, -0.15) is 0 Å². The Bertz CT molecular complexity index is 366. The summed E-state index contributed by atoms with van der Waals surface area (Å²) in [6.07, 6.45) is 7.95. The SMILES string of the molecule is CCC(C)c1ccc(OCOCC2CCCCC2)cc1. The van der Waals surface area contributed by atoms with Gasteiger partial charge >= 0.3 is 0 Å². The zero-order valence-corrected chi connectivity index (χ0v) is 12.9. The van der Waals surface area contributed by atoms with E-state index >= 15 is 0 Å². The Labute approximate surface area is 123 Å². The number of rotatable bonds is 7. The number of ether oxygens (including phenoxy) is 2. The zero-order valence-electron chi connectivity index (χ0n) is 12.9. The molecule has 1 fully saturated rings. The van der Waals surface area contributed by atoms with E-state index in [4.69, 9.17) is 9.47 Å². The van der Waals surface area contributed by atoms with Crippen molar-refractivity contribution in [3.05, 3.63) is 29.8 Å². The molecule has 1 aromatic rings. The van der Waals surface area contributed by atoms with Gasteiger partial charge in [-0.25, -0.2) is 0 Å². The molecule has 0 N–H and O–H groups in total. The van der Waals surface area contributed by atoms with Crippen molar-refractivity contribution in [2.75, 3.05) is 13.4 Å². The fraction of sp³-hybridized carbons (Fsp3) is 0.667. The summed E-state index contributed by atoms with van der Waals surface area (Å²) in [7, 11) is 0. The van der Waals surface area contributed by atoms with Crippen molar-refractivity contribution in [1.29, 1.82) is 0 Å². The van der Waals surface area contributed by atoms with E-state index in [-0.39, 0.29) is 0 Å². The second kappa shape index (κ2) is 8.31. The summed E-state index contributed by atoms with van der Waals surface area (Å²) in [5, 5.41) is 0. The van der Waals surface area contributed by atoms with Gasteiger partial charge in [-0.15, -0.1) is 0 Å². The zero-order chi connectivity index (χ0) is 14.2. The van der Waals surface area contributed by atoms with Crippen LogP contribution in [0.25, 0.3) is 0 Å². The van der Waals surface area contributed by atoms with Crippen LogP contribution >= 0.6 is 0 Å². The topological polar surface area (TPSA) is 18.5 Å². The molecule has 112 valence electrons. The number of benzene rings is 1. The van der Waals surface area contributed by atoms with Crippen LogP contribution in [0.5, 0.6) is 5.75 Å². The van der Waals surface area contributed by atoms with E-state index in [1.165, 1.54) is 44.1 Å². The van der Waals surface area contributed by atoms with Crippen LogP contribution in [0, 0.1) is 5.92 Å². The Morgan fingerprint density at radius 1 is 1.10 bits per heavy atom. The average molecular weight is 276 g/mol. The van der Waals surface area contributed by atoms with Crippen molar-refractivity contribution < 1.29 is 9.47 Å². The standard InChI is InChI=1S/C18H28O2/c1-3-15(2)17-9-11-18(12-10-17)20-14-19-13-16-7-5-4-6-8-16/h9-12,15-16H,3-8,13-14H2,1-2H3. The second-order valence-electron chi connectivity index (χ2n) is 6.02. The maximum Gasteiger partial charge on any atom is 0.189 e. The molecule has 1 saturated carbocycles. The molecular formula is C18H28O2. The highest BCUT2D eigenvalue weighted by atomic mass is 16.7. The molecule has 2 rings (SSSR count). The van der Waals surface area contributed by atoms with Gasteiger partial charge in [0.15, 0.2) is 6.79 Å². The van der Waals surface area contributed by atoms with Crippen LogP contribution in [0.4, 0.5) is 0 Å². The molecule has 1 unspecified atom stereocenters. The summed E-state index contributed by atoms with van der Waals surface area (Å²) in [5.41, 5.74) is 1.38. The van der Waals surface area contributed by atoms with E-state index in [0.29, 0.717) is 12.7 Å². The maximum atomic E-state index is 5.65. The van der Waals surface area contributed by atoms with E-state index in [0.717, 1.165) is 18.3 Å². The third-order valence-corrected chi connectivity index (χ3v) is 4.45. The molecule has 1 atom stereocenters. The van der Waals surface area contributed by atoms with Crippen molar-refractivity contribution in [2.24, 2.45) is 5.92 Å². The summed E-state index contributed by atoms with van der Waals surface area (Å²) >= 11 is 0. The second-order valence-corrected chi connectivity index (χ2v) is 6.02. The van der Waals surface area contributed by atoms with Crippen LogP contribution < -0.4 is 4.74 Å². The van der Waals surface area contributed by atoms with Crippen LogP contribution in [0.2, 0.25) is 0 Å². The van der Waals surface area contributed by atoms with Gasteiger partial charge in [-0.3, -0.25) is 0 Å². The van der Waals surface area contributed by atoms with Gasteiger partial charge < -0.3 is 9.47 Å². The van der Waals surface area contributed by atoms with Crippen LogP contribution in [0.1, 0.15) is 63.9 Å². The van der Waals surface area contributed by atoms with Crippen LogP contribution in [-0.2, 0) is 4.74 Å². The van der Waals surface area contributed by atoms with E-state index in [1.54, 1.807) is 0 Å². The molecule has 0 saturated heterocycles. The highest BCUT2D eigenvalue weighted by Crippen LogP contribution is 2.24. The molecule has 0 bridgehead atoms. The molecule has 2 nitrogen and oxygen atoms in total. The van der Waals surface area contributed by atoms with Crippen LogP contribution in [-0.4, -0.2) is 13.4 Å². The van der Waals surface area contributed by atoms with Crippen molar-refractivity contribution in [3.8, 4) is 5.75 Å². The first kappa shape index (κ1) is 15.4. The van der Waals surface area contributed by atoms with Gasteiger partial charge in [-0.05, 0) is 48.8 Å². The Hall–Kier alpha value is -1.02. The summed E-state index contributed by atoms with van der Waals surface area (Å²) in [6.45, 7) is 5.70. The molecule has 2 heteroatoms. The van der Waals surface area contributed by atoms with E-state index in [9.17, 15) is 0 Å². The molecule has 0 aromatic heterocycles. The lowest BCUT2D eigenvalue weighted by Crippen LogP contribution is -2.15. The van der Waals surface area contributed by atoms with Crippen LogP contribution in [0.3, 0.4) is 0 Å². The van der Waals surface area contributed by atoms with Gasteiger partial charge in [0.1, 0.15) is 5.75 Å². The predicted octanol–water partition coefficient (Wildman–Crippen LogP) is 5.13. The molecule has 0 amide bonds. The van der Waals surface area contributed by atoms with Gasteiger partial charge in [-0.1, -0.05) is 45.2 Å². The Kier molecular flexibility index (Phi) is 6.38. The molecule has 0 heterocycles. The minimum absolute atomic E-state index is 0.374. The van der Waals surface area contributed by atoms with Crippen molar-refractivity contribution in [2.45, 2.75) is 58.3 Å². The van der Waals surface area contributed by atoms with Crippen LogP contribution in [0.15, 0.2) is 24.3 Å². The summed E-state index contributed by atoms with van der Waals surface area (Å²) in [4.78, 5) is 0. The van der Waals surface area contributed by atoms with Gasteiger partial charge in [0, 0.05) is 0 Å². The molecule has 0 spiro atoms. The lowest BCUT2D eigenvalue weighted by molar-refractivity contribution is -0.00789. The fourth-order valence-electron chi connectivity index (χ4n) is 2.81. The number of hydrogen-bond acceptors (Lipinski definition) is 2. The quantitative estimate of drug-likeness (QED) is 0.507. The Morgan fingerprint density at radius 3 is 2.45 bits per heavy atom. The minimum atomic E-state index is 0.374. The Morgan fingerprint density at radius 2 is 1.80 bits per heavy atom. The van der Waals surface area contributed by atoms with Crippen molar-refractivity contribution in [3.63, 3.8) is 0 Å². The van der Waals surface area contributed by atoms with Gasteiger partial charge in [0.25, 0.3) is 0 Å². The average Bonchev–Trinajstić information content (AvgIpc) is 2.52. The highest BCUT2D eigenvalue weighted by Gasteiger charge is 2.13. The number of hydrogen-bond donors (Lipinski definition) is 0. The first-order valence-corrected chi connectivity index (χ1v) is 8.10. The van der Waals surface area contributed by atoms with Crippen molar-refractivity contribution >= 4 is 0 Å². The fourth-order valence-corrected chi connectivity index (χ4v) is 2.81. The molecule has 20 heavy (non-hydrogen) atoms. The minimum Gasteiger partial charge on any atom is -0.468 e. The van der Waals surface area contributed by atoms with E-state index < -0.39 is 0 Å². The first-order valence-electron chi connectivity index (χ1n) is 8.10. The van der Waals surface area contributed by atoms with E-state index in [2.05, 4.69) is 26.0 Å². The molecule has 1 aliphatic rings. The largest absolute Gasteiger partial charge is 0.468 e. The smallest absolute Gasteiger partial charge is 0.189 e. The molecular weight excluding hydrogens is 248 g/mol. The van der Waals surface area contributed by atoms with Gasteiger partial charge in [0.05, 0.1) is 6.61 Å². The molecule has 1 aliphatic carbocycles. The summed E-state index contributed by atoms with van der Waals surface area (Å²) in [5.74, 6) is 2.27. The van der Waals surface area contributed by atoms with Gasteiger partial charge in [0.2, 0.25) is 0 Å².